The van der Waals surface area contributed by atoms with E-state index in [1.165, 1.54) is 0 Å². The highest BCUT2D eigenvalue weighted by Crippen LogP contribution is 2.27. The van der Waals surface area contributed by atoms with Gasteiger partial charge in [0.25, 0.3) is 0 Å². The molecule has 0 unspecified atom stereocenters. The van der Waals surface area contributed by atoms with Crippen molar-refractivity contribution in [3.63, 3.8) is 0 Å². The minimum Gasteiger partial charge on any atom is -0.497 e. The van der Waals surface area contributed by atoms with E-state index in [9.17, 15) is 4.79 Å². The number of anilines is 2. The number of hydrogen-bond donors (Lipinski definition) is 2. The van der Waals surface area contributed by atoms with Crippen LogP contribution in [0.5, 0.6) is 11.5 Å². The van der Waals surface area contributed by atoms with Gasteiger partial charge >= 0.3 is 0 Å². The van der Waals surface area contributed by atoms with Crippen molar-refractivity contribution < 1.29 is 14.3 Å². The lowest BCUT2D eigenvalue weighted by Crippen LogP contribution is -2.23. The van der Waals surface area contributed by atoms with Crippen molar-refractivity contribution in [3.8, 4) is 34.0 Å². The Balaban J connectivity index is 1.58. The summed E-state index contributed by atoms with van der Waals surface area (Å²) in [5, 5.41) is 6.49. The molecule has 1 aromatic heterocycles. The van der Waals surface area contributed by atoms with Gasteiger partial charge < -0.3 is 14.8 Å². The second-order valence-electron chi connectivity index (χ2n) is 7.33. The van der Waals surface area contributed by atoms with E-state index in [0.717, 1.165) is 22.6 Å². The summed E-state index contributed by atoms with van der Waals surface area (Å²) in [4.78, 5) is 21.8. The van der Waals surface area contributed by atoms with Crippen LogP contribution in [0.1, 0.15) is 0 Å². The van der Waals surface area contributed by atoms with Gasteiger partial charge in [0.15, 0.2) is 0 Å². The summed E-state index contributed by atoms with van der Waals surface area (Å²) in [5.74, 6) is 1.37. The van der Waals surface area contributed by atoms with Gasteiger partial charge in [-0.25, -0.2) is 9.97 Å². The average Bonchev–Trinajstić information content (AvgIpc) is 2.88. The molecule has 34 heavy (non-hydrogen) atoms. The second-order valence-corrected chi connectivity index (χ2v) is 7.77. The SMILES string of the molecule is COc1ccc(-c2cc(-c3ccc(Cl)cc3)nc(NC(=O)CNc3cccc(OC)c3)n2)cc1. The van der Waals surface area contributed by atoms with E-state index in [1.54, 1.807) is 26.4 Å². The lowest BCUT2D eigenvalue weighted by molar-refractivity contribution is -0.114. The van der Waals surface area contributed by atoms with Gasteiger partial charge in [-0.15, -0.1) is 0 Å². The molecule has 0 atom stereocenters. The van der Waals surface area contributed by atoms with Crippen molar-refractivity contribution in [1.29, 1.82) is 0 Å². The van der Waals surface area contributed by atoms with Crippen LogP contribution in [-0.2, 0) is 4.79 Å². The van der Waals surface area contributed by atoms with E-state index in [4.69, 9.17) is 21.1 Å². The summed E-state index contributed by atoms with van der Waals surface area (Å²) < 4.78 is 10.5. The van der Waals surface area contributed by atoms with E-state index in [1.807, 2.05) is 66.7 Å². The van der Waals surface area contributed by atoms with Gasteiger partial charge in [0.05, 0.1) is 32.2 Å². The molecule has 1 heterocycles. The van der Waals surface area contributed by atoms with Crippen LogP contribution in [0.2, 0.25) is 5.02 Å². The average molecular weight is 475 g/mol. The van der Waals surface area contributed by atoms with Gasteiger partial charge in [0, 0.05) is 27.9 Å². The van der Waals surface area contributed by atoms with E-state index < -0.39 is 0 Å². The quantitative estimate of drug-likeness (QED) is 0.349. The second kappa shape index (κ2) is 10.7. The number of nitrogens with zero attached hydrogens (tertiary/aromatic N) is 2. The first-order chi connectivity index (χ1) is 16.5. The number of benzene rings is 3. The van der Waals surface area contributed by atoms with Crippen molar-refractivity contribution in [2.45, 2.75) is 0 Å². The molecule has 0 saturated heterocycles. The van der Waals surface area contributed by atoms with Gasteiger partial charge in [0.1, 0.15) is 11.5 Å². The molecular formula is C26H23ClN4O3. The van der Waals surface area contributed by atoms with E-state index >= 15 is 0 Å². The lowest BCUT2D eigenvalue weighted by Gasteiger charge is -2.11. The summed E-state index contributed by atoms with van der Waals surface area (Å²) in [6, 6.07) is 24.1. The van der Waals surface area contributed by atoms with Gasteiger partial charge in [-0.05, 0) is 54.6 Å². The van der Waals surface area contributed by atoms with Crippen molar-refractivity contribution in [3.05, 3.63) is 83.9 Å². The molecule has 0 fully saturated rings. The molecule has 0 spiro atoms. The van der Waals surface area contributed by atoms with Crippen LogP contribution < -0.4 is 20.1 Å². The van der Waals surface area contributed by atoms with Gasteiger partial charge in [0.2, 0.25) is 11.9 Å². The number of halogens is 1. The Labute approximate surface area is 202 Å². The fourth-order valence-electron chi connectivity index (χ4n) is 3.27. The van der Waals surface area contributed by atoms with E-state index in [0.29, 0.717) is 22.2 Å². The van der Waals surface area contributed by atoms with Gasteiger partial charge in [-0.2, -0.15) is 0 Å². The molecular weight excluding hydrogens is 452 g/mol. The zero-order chi connectivity index (χ0) is 23.9. The smallest absolute Gasteiger partial charge is 0.246 e. The first kappa shape index (κ1) is 23.1. The maximum absolute atomic E-state index is 12.6. The highest BCUT2D eigenvalue weighted by Gasteiger charge is 2.12. The first-order valence-electron chi connectivity index (χ1n) is 10.5. The molecule has 7 nitrogen and oxygen atoms in total. The standard InChI is InChI=1S/C26H23ClN4O3/c1-33-21-12-8-18(9-13-21)24-15-23(17-6-10-19(27)11-7-17)29-26(30-24)31-25(32)16-28-20-4-3-5-22(14-20)34-2/h3-15,28H,16H2,1-2H3,(H,29,30,31,32). The summed E-state index contributed by atoms with van der Waals surface area (Å²) in [6.07, 6.45) is 0. The predicted octanol–water partition coefficient (Wildman–Crippen LogP) is 5.53. The minimum absolute atomic E-state index is 0.0412. The minimum atomic E-state index is -0.281. The number of rotatable bonds is 8. The lowest BCUT2D eigenvalue weighted by atomic mass is 10.1. The van der Waals surface area contributed by atoms with Crippen LogP contribution in [0.3, 0.4) is 0 Å². The molecule has 2 N–H and O–H groups in total. The van der Waals surface area contributed by atoms with Crippen LogP contribution in [0.25, 0.3) is 22.5 Å². The number of aromatic nitrogens is 2. The molecule has 0 bridgehead atoms. The normalized spacial score (nSPS) is 10.4. The highest BCUT2D eigenvalue weighted by molar-refractivity contribution is 6.30. The predicted molar refractivity (Wildman–Crippen MR) is 135 cm³/mol. The van der Waals surface area contributed by atoms with E-state index in [-0.39, 0.29) is 18.4 Å². The maximum atomic E-state index is 12.6. The first-order valence-corrected chi connectivity index (χ1v) is 10.9. The van der Waals surface area contributed by atoms with Crippen molar-refractivity contribution >= 4 is 29.1 Å². The Kier molecular flexibility index (Phi) is 7.25. The molecule has 172 valence electrons. The number of carbonyl (C=O) groups is 1. The van der Waals surface area contributed by atoms with Crippen LogP contribution in [-0.4, -0.2) is 36.6 Å². The molecule has 8 heteroatoms. The molecule has 0 aliphatic carbocycles. The van der Waals surface area contributed by atoms with Crippen LogP contribution in [0.15, 0.2) is 78.9 Å². The topological polar surface area (TPSA) is 85.4 Å². The monoisotopic (exact) mass is 474 g/mol. The molecule has 0 aliphatic rings. The molecule has 0 aliphatic heterocycles. The Morgan fingerprint density at radius 3 is 2.06 bits per heavy atom. The number of carbonyl (C=O) groups excluding carboxylic acids is 1. The van der Waals surface area contributed by atoms with Crippen molar-refractivity contribution in [2.75, 3.05) is 31.4 Å². The van der Waals surface area contributed by atoms with Crippen LogP contribution in [0.4, 0.5) is 11.6 Å². The van der Waals surface area contributed by atoms with Crippen LogP contribution >= 0.6 is 11.6 Å². The van der Waals surface area contributed by atoms with Crippen LogP contribution in [0, 0.1) is 0 Å². The number of nitrogens with one attached hydrogen (secondary N) is 2. The summed E-state index contributed by atoms with van der Waals surface area (Å²) in [7, 11) is 3.21. The van der Waals surface area contributed by atoms with Crippen molar-refractivity contribution in [2.24, 2.45) is 0 Å². The largest absolute Gasteiger partial charge is 0.497 e. The third-order valence-corrected chi connectivity index (χ3v) is 5.28. The Bertz CT molecular complexity index is 1280. The Hall–Kier alpha value is -4.10. The molecule has 0 saturated carbocycles. The molecule has 1 amide bonds. The zero-order valence-corrected chi connectivity index (χ0v) is 19.5. The number of hydrogen-bond acceptors (Lipinski definition) is 6. The van der Waals surface area contributed by atoms with Gasteiger partial charge in [-0.3, -0.25) is 10.1 Å². The van der Waals surface area contributed by atoms with Crippen molar-refractivity contribution in [1.82, 2.24) is 9.97 Å². The number of ether oxygens (including phenoxy) is 2. The highest BCUT2D eigenvalue weighted by atomic mass is 35.5. The summed E-state index contributed by atoms with van der Waals surface area (Å²) in [5.41, 5.74) is 3.81. The third-order valence-electron chi connectivity index (χ3n) is 5.03. The molecule has 3 aromatic carbocycles. The fourth-order valence-corrected chi connectivity index (χ4v) is 3.39. The van der Waals surface area contributed by atoms with Gasteiger partial charge in [-0.1, -0.05) is 29.8 Å². The molecule has 4 rings (SSSR count). The Morgan fingerprint density at radius 1 is 0.824 bits per heavy atom. The fraction of sp³-hybridized carbons (Fsp3) is 0.115. The zero-order valence-electron chi connectivity index (χ0n) is 18.7. The number of methoxy groups -OCH3 is 2. The maximum Gasteiger partial charge on any atom is 0.246 e. The molecule has 4 aromatic rings. The Morgan fingerprint density at radius 2 is 1.44 bits per heavy atom. The summed E-state index contributed by atoms with van der Waals surface area (Å²) >= 11 is 6.04. The third kappa shape index (κ3) is 5.82. The summed E-state index contributed by atoms with van der Waals surface area (Å²) in [6.45, 7) is 0.0412. The molecule has 0 radical (unpaired) electrons. The number of amides is 1. The van der Waals surface area contributed by atoms with E-state index in [2.05, 4.69) is 20.6 Å².